The molecule has 2 N–H and O–H groups in total. The molecule has 1 unspecified atom stereocenters. The maximum absolute atomic E-state index is 5.56. The van der Waals surface area contributed by atoms with Crippen molar-refractivity contribution >= 4 is 0 Å². The molecule has 0 rings (SSSR count). The molecule has 0 spiro atoms. The van der Waals surface area contributed by atoms with Gasteiger partial charge < -0.3 is 10.5 Å². The average molecular weight is 271 g/mol. The number of rotatable bonds is 15. The van der Waals surface area contributed by atoms with Gasteiger partial charge in [-0.15, -0.1) is 0 Å². The van der Waals surface area contributed by atoms with Crippen molar-refractivity contribution < 1.29 is 4.74 Å². The average Bonchev–Trinajstić information content (AvgIpc) is 2.43. The van der Waals surface area contributed by atoms with Crippen LogP contribution in [0.1, 0.15) is 90.9 Å². The zero-order valence-corrected chi connectivity index (χ0v) is 13.5. The van der Waals surface area contributed by atoms with Crippen molar-refractivity contribution in [3.05, 3.63) is 0 Å². The molecule has 0 heterocycles. The normalized spacial score (nSPS) is 12.8. The van der Waals surface area contributed by atoms with Gasteiger partial charge in [0.1, 0.15) is 0 Å². The van der Waals surface area contributed by atoms with Crippen LogP contribution in [0.15, 0.2) is 0 Å². The topological polar surface area (TPSA) is 35.2 Å². The Balaban J connectivity index is 2.95. The van der Waals surface area contributed by atoms with Crippen molar-refractivity contribution in [2.75, 3.05) is 13.2 Å². The fourth-order valence-corrected chi connectivity index (χ4v) is 2.30. The fraction of sp³-hybridized carbons (Fsp3) is 1.00. The molecule has 2 heteroatoms. The van der Waals surface area contributed by atoms with Crippen LogP contribution in [0.5, 0.6) is 0 Å². The van der Waals surface area contributed by atoms with Crippen molar-refractivity contribution in [2.45, 2.75) is 97.0 Å². The zero-order chi connectivity index (χ0) is 14.2. The molecule has 0 saturated heterocycles. The molecule has 0 saturated carbocycles. The first-order chi connectivity index (χ1) is 9.31. The summed E-state index contributed by atoms with van der Waals surface area (Å²) in [5.74, 6) is 0. The largest absolute Gasteiger partial charge is 0.377 e. The Labute approximate surface area is 121 Å². The molecule has 1 atom stereocenters. The highest BCUT2D eigenvalue weighted by Gasteiger charge is 1.97. The minimum Gasteiger partial charge on any atom is -0.377 e. The zero-order valence-electron chi connectivity index (χ0n) is 13.5. The fourth-order valence-electron chi connectivity index (χ4n) is 2.30. The summed E-state index contributed by atoms with van der Waals surface area (Å²) in [5.41, 5.74) is 5.49. The van der Waals surface area contributed by atoms with Gasteiger partial charge in [0.15, 0.2) is 0 Å². The first kappa shape index (κ1) is 18.9. The summed E-state index contributed by atoms with van der Waals surface area (Å²) >= 11 is 0. The van der Waals surface area contributed by atoms with E-state index >= 15 is 0 Å². The molecular weight excluding hydrogens is 234 g/mol. The van der Waals surface area contributed by atoms with E-state index in [9.17, 15) is 0 Å². The van der Waals surface area contributed by atoms with Crippen LogP contribution in [0.2, 0.25) is 0 Å². The van der Waals surface area contributed by atoms with Crippen LogP contribution in [0.4, 0.5) is 0 Å². The third kappa shape index (κ3) is 15.9. The first-order valence-electron chi connectivity index (χ1n) is 8.63. The SMILES string of the molecule is CCCCCCCCCCCCCCOC(C)CN. The molecule has 0 aliphatic heterocycles. The van der Waals surface area contributed by atoms with E-state index in [0.29, 0.717) is 6.54 Å². The van der Waals surface area contributed by atoms with E-state index in [0.717, 1.165) is 6.61 Å². The lowest BCUT2D eigenvalue weighted by Crippen LogP contribution is -2.20. The van der Waals surface area contributed by atoms with Crippen LogP contribution in [0.3, 0.4) is 0 Å². The summed E-state index contributed by atoms with van der Waals surface area (Å²) in [6.45, 7) is 5.84. The number of ether oxygens (including phenoxy) is 1. The Morgan fingerprint density at radius 2 is 1.16 bits per heavy atom. The quantitative estimate of drug-likeness (QED) is 0.423. The third-order valence-corrected chi connectivity index (χ3v) is 3.73. The van der Waals surface area contributed by atoms with Gasteiger partial charge in [-0.05, 0) is 13.3 Å². The van der Waals surface area contributed by atoms with Gasteiger partial charge in [0.05, 0.1) is 6.10 Å². The van der Waals surface area contributed by atoms with Crippen molar-refractivity contribution in [1.29, 1.82) is 0 Å². The molecule has 2 nitrogen and oxygen atoms in total. The van der Waals surface area contributed by atoms with E-state index in [1.807, 2.05) is 6.92 Å². The molecule has 0 aliphatic rings. The lowest BCUT2D eigenvalue weighted by Gasteiger charge is -2.09. The van der Waals surface area contributed by atoms with Crippen molar-refractivity contribution in [1.82, 2.24) is 0 Å². The minimum absolute atomic E-state index is 0.229. The van der Waals surface area contributed by atoms with E-state index in [2.05, 4.69) is 6.92 Å². The summed E-state index contributed by atoms with van der Waals surface area (Å²) in [7, 11) is 0. The molecule has 0 aliphatic carbocycles. The Morgan fingerprint density at radius 3 is 1.58 bits per heavy atom. The predicted octanol–water partition coefficient (Wildman–Crippen LogP) is 5.05. The highest BCUT2D eigenvalue weighted by Crippen LogP contribution is 2.11. The molecular formula is C17H37NO. The minimum atomic E-state index is 0.229. The van der Waals surface area contributed by atoms with Crippen LogP contribution >= 0.6 is 0 Å². The Morgan fingerprint density at radius 1 is 0.737 bits per heavy atom. The van der Waals surface area contributed by atoms with Gasteiger partial charge in [-0.3, -0.25) is 0 Å². The summed E-state index contributed by atoms with van der Waals surface area (Å²) < 4.78 is 5.56. The number of hydrogen-bond donors (Lipinski definition) is 1. The van der Waals surface area contributed by atoms with Crippen LogP contribution in [0.25, 0.3) is 0 Å². The van der Waals surface area contributed by atoms with Gasteiger partial charge in [0.25, 0.3) is 0 Å². The molecule has 0 aromatic rings. The summed E-state index contributed by atoms with van der Waals surface area (Å²) in [5, 5.41) is 0. The van der Waals surface area contributed by atoms with Gasteiger partial charge >= 0.3 is 0 Å². The number of unbranched alkanes of at least 4 members (excludes halogenated alkanes) is 11. The number of nitrogens with two attached hydrogens (primary N) is 1. The number of hydrogen-bond acceptors (Lipinski definition) is 2. The Bertz CT molecular complexity index is 161. The molecule has 0 amide bonds. The lowest BCUT2D eigenvalue weighted by atomic mass is 10.1. The molecule has 0 aromatic heterocycles. The van der Waals surface area contributed by atoms with Gasteiger partial charge in [-0.1, -0.05) is 77.6 Å². The molecule has 116 valence electrons. The smallest absolute Gasteiger partial charge is 0.0669 e. The van der Waals surface area contributed by atoms with Gasteiger partial charge in [0, 0.05) is 13.2 Å². The Kier molecular flexibility index (Phi) is 15.9. The van der Waals surface area contributed by atoms with Crippen LogP contribution in [-0.2, 0) is 4.74 Å². The van der Waals surface area contributed by atoms with Gasteiger partial charge in [-0.25, -0.2) is 0 Å². The standard InChI is InChI=1S/C17H37NO/c1-3-4-5-6-7-8-9-10-11-12-13-14-15-19-17(2)16-18/h17H,3-16,18H2,1-2H3. The maximum Gasteiger partial charge on any atom is 0.0669 e. The molecule has 0 aromatic carbocycles. The van der Waals surface area contributed by atoms with Crippen molar-refractivity contribution in [3.8, 4) is 0 Å². The first-order valence-corrected chi connectivity index (χ1v) is 8.63. The van der Waals surface area contributed by atoms with E-state index in [1.165, 1.54) is 77.0 Å². The lowest BCUT2D eigenvalue weighted by molar-refractivity contribution is 0.0689. The monoisotopic (exact) mass is 271 g/mol. The van der Waals surface area contributed by atoms with Crippen LogP contribution in [0, 0.1) is 0 Å². The highest BCUT2D eigenvalue weighted by molar-refractivity contribution is 4.50. The van der Waals surface area contributed by atoms with Crippen LogP contribution < -0.4 is 5.73 Å². The van der Waals surface area contributed by atoms with Gasteiger partial charge in [0.2, 0.25) is 0 Å². The predicted molar refractivity (Wildman–Crippen MR) is 85.5 cm³/mol. The van der Waals surface area contributed by atoms with Gasteiger partial charge in [-0.2, -0.15) is 0 Å². The highest BCUT2D eigenvalue weighted by atomic mass is 16.5. The van der Waals surface area contributed by atoms with E-state index in [4.69, 9.17) is 10.5 Å². The van der Waals surface area contributed by atoms with Crippen molar-refractivity contribution in [2.24, 2.45) is 5.73 Å². The summed E-state index contributed by atoms with van der Waals surface area (Å²) in [6.07, 6.45) is 16.9. The second kappa shape index (κ2) is 16.0. The molecule has 19 heavy (non-hydrogen) atoms. The van der Waals surface area contributed by atoms with E-state index in [1.54, 1.807) is 0 Å². The summed E-state index contributed by atoms with van der Waals surface area (Å²) in [4.78, 5) is 0. The Hall–Kier alpha value is -0.0800. The molecule has 0 fully saturated rings. The maximum atomic E-state index is 5.56. The second-order valence-electron chi connectivity index (χ2n) is 5.81. The molecule has 0 bridgehead atoms. The second-order valence-corrected chi connectivity index (χ2v) is 5.81. The van der Waals surface area contributed by atoms with Crippen molar-refractivity contribution in [3.63, 3.8) is 0 Å². The molecule has 0 radical (unpaired) electrons. The summed E-state index contributed by atoms with van der Waals surface area (Å²) in [6, 6.07) is 0. The van der Waals surface area contributed by atoms with E-state index in [-0.39, 0.29) is 6.10 Å². The third-order valence-electron chi connectivity index (χ3n) is 3.73. The van der Waals surface area contributed by atoms with E-state index < -0.39 is 0 Å². The van der Waals surface area contributed by atoms with Crippen LogP contribution in [-0.4, -0.2) is 19.3 Å².